The molecule has 0 saturated carbocycles. The zero-order valence-corrected chi connectivity index (χ0v) is 12.9. The summed E-state index contributed by atoms with van der Waals surface area (Å²) in [5.74, 6) is 0.701. The van der Waals surface area contributed by atoms with E-state index in [1.807, 2.05) is 25.1 Å². The summed E-state index contributed by atoms with van der Waals surface area (Å²) in [7, 11) is 0. The minimum absolute atomic E-state index is 0. The number of aryl methyl sites for hydroxylation is 2. The number of ether oxygens (including phenoxy) is 1. The van der Waals surface area contributed by atoms with Crippen LogP contribution < -0.4 is 15.4 Å². The lowest BCUT2D eigenvalue weighted by Gasteiger charge is -2.23. The molecule has 1 aromatic carbocycles. The van der Waals surface area contributed by atoms with Crippen molar-refractivity contribution in [3.05, 3.63) is 29.3 Å². The number of amides is 1. The third-order valence-corrected chi connectivity index (χ3v) is 3.51. The molecule has 20 heavy (non-hydrogen) atoms. The fourth-order valence-electron chi connectivity index (χ4n) is 2.20. The van der Waals surface area contributed by atoms with Gasteiger partial charge in [-0.05, 0) is 56.5 Å². The molecule has 112 valence electrons. The fourth-order valence-corrected chi connectivity index (χ4v) is 2.20. The van der Waals surface area contributed by atoms with E-state index in [9.17, 15) is 4.79 Å². The molecule has 1 atom stereocenters. The predicted octanol–water partition coefficient (Wildman–Crippen LogP) is 1.97. The Morgan fingerprint density at radius 2 is 2.20 bits per heavy atom. The number of hydrogen-bond donors (Lipinski definition) is 2. The Balaban J connectivity index is 0.00000200. The van der Waals surface area contributed by atoms with E-state index in [1.165, 1.54) is 11.1 Å². The molecule has 2 rings (SSSR count). The van der Waals surface area contributed by atoms with Crippen LogP contribution in [0.2, 0.25) is 0 Å². The molecular weight excluding hydrogens is 276 g/mol. The number of carbonyl (C=O) groups is 1. The van der Waals surface area contributed by atoms with E-state index in [-0.39, 0.29) is 31.0 Å². The molecule has 1 aromatic rings. The highest BCUT2D eigenvalue weighted by Crippen LogP contribution is 2.16. The maximum Gasteiger partial charge on any atom is 0.258 e. The van der Waals surface area contributed by atoms with Crippen LogP contribution in [0, 0.1) is 13.8 Å². The first-order chi connectivity index (χ1) is 9.15. The van der Waals surface area contributed by atoms with E-state index < -0.39 is 0 Å². The molecule has 0 spiro atoms. The van der Waals surface area contributed by atoms with Gasteiger partial charge in [-0.25, -0.2) is 0 Å². The zero-order chi connectivity index (χ0) is 13.7. The van der Waals surface area contributed by atoms with Crippen LogP contribution in [0.25, 0.3) is 0 Å². The van der Waals surface area contributed by atoms with E-state index in [0.717, 1.165) is 31.7 Å². The maximum absolute atomic E-state index is 11.8. The number of benzene rings is 1. The summed E-state index contributed by atoms with van der Waals surface area (Å²) in [6.07, 6.45) is 2.16. The molecule has 1 aliphatic heterocycles. The summed E-state index contributed by atoms with van der Waals surface area (Å²) >= 11 is 0. The van der Waals surface area contributed by atoms with Crippen molar-refractivity contribution in [3.63, 3.8) is 0 Å². The first kappa shape index (κ1) is 16.8. The minimum atomic E-state index is -0.0491. The van der Waals surface area contributed by atoms with Gasteiger partial charge in [0, 0.05) is 12.6 Å². The van der Waals surface area contributed by atoms with Crippen molar-refractivity contribution in [1.29, 1.82) is 0 Å². The summed E-state index contributed by atoms with van der Waals surface area (Å²) < 4.78 is 5.51. The van der Waals surface area contributed by atoms with Crippen LogP contribution in [0.15, 0.2) is 18.2 Å². The van der Waals surface area contributed by atoms with E-state index in [2.05, 4.69) is 17.6 Å². The largest absolute Gasteiger partial charge is 0.484 e. The molecule has 5 heteroatoms. The van der Waals surface area contributed by atoms with Gasteiger partial charge in [-0.2, -0.15) is 0 Å². The standard InChI is InChI=1S/C15H22N2O2.ClH/c1-11-5-6-14(8-12(11)2)19-10-15(18)17-13-4-3-7-16-9-13;/h5-6,8,13,16H,3-4,7,9-10H2,1-2H3,(H,17,18);1H. The summed E-state index contributed by atoms with van der Waals surface area (Å²) in [5.41, 5.74) is 2.40. The Bertz CT molecular complexity index is 445. The lowest BCUT2D eigenvalue weighted by molar-refractivity contribution is -0.123. The van der Waals surface area contributed by atoms with Gasteiger partial charge in [-0.1, -0.05) is 6.07 Å². The van der Waals surface area contributed by atoms with Crippen molar-refractivity contribution in [2.24, 2.45) is 0 Å². The average Bonchev–Trinajstić information content (AvgIpc) is 2.41. The molecule has 1 saturated heterocycles. The maximum atomic E-state index is 11.8. The van der Waals surface area contributed by atoms with Crippen LogP contribution in [0.1, 0.15) is 24.0 Å². The smallest absolute Gasteiger partial charge is 0.258 e. The Morgan fingerprint density at radius 3 is 2.85 bits per heavy atom. The molecule has 2 N–H and O–H groups in total. The molecule has 0 radical (unpaired) electrons. The molecule has 1 unspecified atom stereocenters. The number of nitrogens with one attached hydrogen (secondary N) is 2. The van der Waals surface area contributed by atoms with Gasteiger partial charge in [0.2, 0.25) is 0 Å². The van der Waals surface area contributed by atoms with Gasteiger partial charge < -0.3 is 15.4 Å². The van der Waals surface area contributed by atoms with Crippen molar-refractivity contribution in [3.8, 4) is 5.75 Å². The average molecular weight is 299 g/mol. The van der Waals surface area contributed by atoms with Crippen molar-refractivity contribution < 1.29 is 9.53 Å². The molecule has 1 aliphatic rings. The van der Waals surface area contributed by atoms with Gasteiger partial charge in [0.25, 0.3) is 5.91 Å². The van der Waals surface area contributed by atoms with Crippen LogP contribution in [-0.4, -0.2) is 31.6 Å². The minimum Gasteiger partial charge on any atom is -0.484 e. The molecule has 0 aliphatic carbocycles. The molecular formula is C15H23ClN2O2. The first-order valence-corrected chi connectivity index (χ1v) is 6.85. The van der Waals surface area contributed by atoms with Crippen molar-refractivity contribution in [2.75, 3.05) is 19.7 Å². The van der Waals surface area contributed by atoms with Crippen molar-refractivity contribution in [1.82, 2.24) is 10.6 Å². The van der Waals surface area contributed by atoms with Crippen LogP contribution >= 0.6 is 12.4 Å². The van der Waals surface area contributed by atoms with Crippen LogP contribution in [0.4, 0.5) is 0 Å². The SMILES string of the molecule is Cc1ccc(OCC(=O)NC2CCCNC2)cc1C.Cl. The van der Waals surface area contributed by atoms with Crippen molar-refractivity contribution >= 4 is 18.3 Å². The van der Waals surface area contributed by atoms with Crippen molar-refractivity contribution in [2.45, 2.75) is 32.7 Å². The zero-order valence-electron chi connectivity index (χ0n) is 12.1. The van der Waals surface area contributed by atoms with Gasteiger partial charge >= 0.3 is 0 Å². The lowest BCUT2D eigenvalue weighted by atomic mass is 10.1. The normalized spacial score (nSPS) is 18.0. The van der Waals surface area contributed by atoms with E-state index >= 15 is 0 Å². The predicted molar refractivity (Wildman–Crippen MR) is 82.7 cm³/mol. The summed E-state index contributed by atoms with van der Waals surface area (Å²) in [6, 6.07) is 6.11. The third kappa shape index (κ3) is 5.02. The second kappa shape index (κ2) is 8.12. The number of piperidine rings is 1. The molecule has 0 bridgehead atoms. The van der Waals surface area contributed by atoms with Crippen LogP contribution in [0.3, 0.4) is 0 Å². The number of hydrogen-bond acceptors (Lipinski definition) is 3. The quantitative estimate of drug-likeness (QED) is 0.893. The molecule has 1 fully saturated rings. The summed E-state index contributed by atoms with van der Waals surface area (Å²) in [5, 5.41) is 6.26. The van der Waals surface area contributed by atoms with Gasteiger partial charge in [0.15, 0.2) is 6.61 Å². The number of halogens is 1. The highest BCUT2D eigenvalue weighted by molar-refractivity contribution is 5.85. The molecule has 4 nitrogen and oxygen atoms in total. The number of rotatable bonds is 4. The Hall–Kier alpha value is -1.26. The van der Waals surface area contributed by atoms with Gasteiger partial charge in [0.05, 0.1) is 0 Å². The highest BCUT2D eigenvalue weighted by atomic mass is 35.5. The molecule has 1 heterocycles. The van der Waals surface area contributed by atoms with E-state index in [4.69, 9.17) is 4.74 Å². The molecule has 1 amide bonds. The van der Waals surface area contributed by atoms with Crippen LogP contribution in [-0.2, 0) is 4.79 Å². The Labute approximate surface area is 126 Å². The van der Waals surface area contributed by atoms with E-state index in [1.54, 1.807) is 0 Å². The topological polar surface area (TPSA) is 50.4 Å². The highest BCUT2D eigenvalue weighted by Gasteiger charge is 2.15. The Morgan fingerprint density at radius 1 is 1.40 bits per heavy atom. The lowest BCUT2D eigenvalue weighted by Crippen LogP contribution is -2.46. The fraction of sp³-hybridized carbons (Fsp3) is 0.533. The third-order valence-electron chi connectivity index (χ3n) is 3.51. The van der Waals surface area contributed by atoms with Gasteiger partial charge in [0.1, 0.15) is 5.75 Å². The second-order valence-corrected chi connectivity index (χ2v) is 5.15. The first-order valence-electron chi connectivity index (χ1n) is 6.85. The molecule has 0 aromatic heterocycles. The summed E-state index contributed by atoms with van der Waals surface area (Å²) in [4.78, 5) is 11.8. The summed E-state index contributed by atoms with van der Waals surface area (Å²) in [6.45, 7) is 6.08. The second-order valence-electron chi connectivity index (χ2n) is 5.15. The van der Waals surface area contributed by atoms with Gasteiger partial charge in [-0.15, -0.1) is 12.4 Å². The monoisotopic (exact) mass is 298 g/mol. The van der Waals surface area contributed by atoms with Gasteiger partial charge in [-0.3, -0.25) is 4.79 Å². The number of carbonyl (C=O) groups excluding carboxylic acids is 1. The van der Waals surface area contributed by atoms with E-state index in [0.29, 0.717) is 0 Å². The Kier molecular flexibility index (Phi) is 6.82. The van der Waals surface area contributed by atoms with Crippen LogP contribution in [0.5, 0.6) is 5.75 Å².